The lowest BCUT2D eigenvalue weighted by atomic mass is 9.90. The first-order valence-electron chi connectivity index (χ1n) is 8.56. The van der Waals surface area contributed by atoms with Crippen molar-refractivity contribution in [3.05, 3.63) is 57.9 Å². The van der Waals surface area contributed by atoms with E-state index in [4.69, 9.17) is 4.42 Å². The van der Waals surface area contributed by atoms with Crippen molar-refractivity contribution in [2.45, 2.75) is 39.2 Å². The minimum atomic E-state index is -0.172. The van der Waals surface area contributed by atoms with Crippen LogP contribution in [0.4, 0.5) is 0 Å². The highest BCUT2D eigenvalue weighted by molar-refractivity contribution is 5.94. The Hall–Kier alpha value is -2.30. The van der Waals surface area contributed by atoms with E-state index in [-0.39, 0.29) is 17.5 Å². The molecule has 24 heavy (non-hydrogen) atoms. The van der Waals surface area contributed by atoms with E-state index in [1.54, 1.807) is 19.3 Å². The second-order valence-corrected chi connectivity index (χ2v) is 6.67. The molecule has 2 aromatic rings. The van der Waals surface area contributed by atoms with E-state index in [1.165, 1.54) is 10.6 Å². The van der Waals surface area contributed by atoms with Crippen LogP contribution >= 0.6 is 0 Å². The number of likely N-dealkylation sites (tertiary alicyclic amines) is 1. The van der Waals surface area contributed by atoms with Gasteiger partial charge in [-0.3, -0.25) is 9.59 Å². The number of nitrogens with zero attached hydrogens (tertiary/aromatic N) is 2. The topological polar surface area (TPSA) is 55.5 Å². The van der Waals surface area contributed by atoms with Crippen LogP contribution in [0.2, 0.25) is 0 Å². The minimum absolute atomic E-state index is 0.0643. The van der Waals surface area contributed by atoms with Gasteiger partial charge in [-0.05, 0) is 37.0 Å². The molecular weight excluding hydrogens is 304 g/mol. The molecule has 0 aromatic carbocycles. The molecule has 0 aliphatic carbocycles. The summed E-state index contributed by atoms with van der Waals surface area (Å²) in [7, 11) is 1.68. The molecule has 1 saturated heterocycles. The zero-order chi connectivity index (χ0) is 17.3. The molecular formula is C19H24N2O3. The maximum absolute atomic E-state index is 13.0. The Kier molecular flexibility index (Phi) is 4.60. The third-order valence-corrected chi connectivity index (χ3v) is 4.84. The van der Waals surface area contributed by atoms with Crippen LogP contribution in [0, 0.1) is 5.92 Å². The molecule has 2 aromatic heterocycles. The molecule has 0 spiro atoms. The van der Waals surface area contributed by atoms with Gasteiger partial charge in [-0.1, -0.05) is 13.8 Å². The van der Waals surface area contributed by atoms with E-state index >= 15 is 0 Å². The first kappa shape index (κ1) is 16.6. The van der Waals surface area contributed by atoms with Gasteiger partial charge < -0.3 is 13.9 Å². The lowest BCUT2D eigenvalue weighted by Gasteiger charge is -2.37. The second kappa shape index (κ2) is 6.67. The van der Waals surface area contributed by atoms with Crippen LogP contribution in [0.5, 0.6) is 0 Å². The Bertz CT molecular complexity index is 790. The van der Waals surface area contributed by atoms with Crippen molar-refractivity contribution in [3.8, 4) is 0 Å². The molecule has 128 valence electrons. The molecule has 3 heterocycles. The summed E-state index contributed by atoms with van der Waals surface area (Å²) in [5, 5.41) is 0. The van der Waals surface area contributed by atoms with Crippen LogP contribution in [-0.4, -0.2) is 21.9 Å². The summed E-state index contributed by atoms with van der Waals surface area (Å²) in [5.41, 5.74) is 0.272. The second-order valence-electron chi connectivity index (χ2n) is 6.67. The highest BCUT2D eigenvalue weighted by Crippen LogP contribution is 2.35. The average Bonchev–Trinajstić information content (AvgIpc) is 3.05. The number of hydrogen-bond acceptors (Lipinski definition) is 3. The molecule has 1 aliphatic heterocycles. The maximum Gasteiger partial charge on any atom is 0.254 e. The van der Waals surface area contributed by atoms with E-state index in [2.05, 4.69) is 13.8 Å². The Morgan fingerprint density at radius 3 is 2.79 bits per heavy atom. The monoisotopic (exact) mass is 328 g/mol. The summed E-state index contributed by atoms with van der Waals surface area (Å²) in [5.74, 6) is 2.22. The fourth-order valence-corrected chi connectivity index (χ4v) is 3.27. The van der Waals surface area contributed by atoms with Crippen LogP contribution in [0.15, 0.2) is 39.7 Å². The third-order valence-electron chi connectivity index (χ3n) is 4.84. The summed E-state index contributed by atoms with van der Waals surface area (Å²) < 4.78 is 7.38. The Balaban J connectivity index is 1.91. The number of hydrogen-bond donors (Lipinski definition) is 0. The Morgan fingerprint density at radius 1 is 1.33 bits per heavy atom. The van der Waals surface area contributed by atoms with Crippen LogP contribution in [-0.2, 0) is 13.5 Å². The molecule has 0 bridgehead atoms. The lowest BCUT2D eigenvalue weighted by molar-refractivity contribution is 0.0518. The first-order valence-corrected chi connectivity index (χ1v) is 8.56. The SMILES string of the molecule is CCc1ccc(C2CC(C)CCN2C(=O)c2ccn(C)c(=O)c2)o1. The summed E-state index contributed by atoms with van der Waals surface area (Å²) in [6, 6.07) is 7.02. The van der Waals surface area contributed by atoms with Gasteiger partial charge in [-0.25, -0.2) is 0 Å². The van der Waals surface area contributed by atoms with Crippen molar-refractivity contribution in [1.82, 2.24) is 9.47 Å². The van der Waals surface area contributed by atoms with Gasteiger partial charge in [0.25, 0.3) is 11.5 Å². The van der Waals surface area contributed by atoms with Gasteiger partial charge in [0, 0.05) is 37.8 Å². The lowest BCUT2D eigenvalue weighted by Crippen LogP contribution is -2.41. The summed E-state index contributed by atoms with van der Waals surface area (Å²) >= 11 is 0. The van der Waals surface area contributed by atoms with Crippen molar-refractivity contribution < 1.29 is 9.21 Å². The van der Waals surface area contributed by atoms with Crippen molar-refractivity contribution in [2.75, 3.05) is 6.54 Å². The minimum Gasteiger partial charge on any atom is -0.464 e. The fraction of sp³-hybridized carbons (Fsp3) is 0.474. The molecule has 0 N–H and O–H groups in total. The molecule has 2 atom stereocenters. The molecule has 1 amide bonds. The van der Waals surface area contributed by atoms with Crippen molar-refractivity contribution in [2.24, 2.45) is 13.0 Å². The molecule has 1 fully saturated rings. The predicted molar refractivity (Wildman–Crippen MR) is 91.9 cm³/mol. The summed E-state index contributed by atoms with van der Waals surface area (Å²) in [6.45, 7) is 4.94. The van der Waals surface area contributed by atoms with Crippen LogP contribution in [0.3, 0.4) is 0 Å². The van der Waals surface area contributed by atoms with Gasteiger partial charge in [0.05, 0.1) is 6.04 Å². The molecule has 5 nitrogen and oxygen atoms in total. The number of aryl methyl sites for hydroxylation is 2. The normalized spacial score (nSPS) is 21.0. The zero-order valence-electron chi connectivity index (χ0n) is 14.5. The quantitative estimate of drug-likeness (QED) is 0.870. The smallest absolute Gasteiger partial charge is 0.254 e. The Morgan fingerprint density at radius 2 is 2.12 bits per heavy atom. The molecule has 5 heteroatoms. The number of rotatable bonds is 3. The summed E-state index contributed by atoms with van der Waals surface area (Å²) in [6.07, 6.45) is 4.33. The fourth-order valence-electron chi connectivity index (χ4n) is 3.27. The van der Waals surface area contributed by atoms with E-state index in [0.29, 0.717) is 18.0 Å². The third kappa shape index (κ3) is 3.16. The number of piperidine rings is 1. The molecule has 2 unspecified atom stereocenters. The highest BCUT2D eigenvalue weighted by Gasteiger charge is 2.33. The largest absolute Gasteiger partial charge is 0.464 e. The molecule has 1 aliphatic rings. The van der Waals surface area contributed by atoms with E-state index in [1.807, 2.05) is 17.0 Å². The van der Waals surface area contributed by atoms with E-state index < -0.39 is 0 Å². The van der Waals surface area contributed by atoms with Crippen LogP contribution in [0.1, 0.15) is 54.6 Å². The number of amides is 1. The number of furan rings is 1. The summed E-state index contributed by atoms with van der Waals surface area (Å²) in [4.78, 5) is 26.7. The van der Waals surface area contributed by atoms with E-state index in [9.17, 15) is 9.59 Å². The maximum atomic E-state index is 13.0. The van der Waals surface area contributed by atoms with Crippen molar-refractivity contribution >= 4 is 5.91 Å². The van der Waals surface area contributed by atoms with Gasteiger partial charge >= 0.3 is 0 Å². The predicted octanol–water partition coefficient (Wildman–Crippen LogP) is 3.15. The number of pyridine rings is 1. The zero-order valence-corrected chi connectivity index (χ0v) is 14.5. The van der Waals surface area contributed by atoms with Gasteiger partial charge in [0.1, 0.15) is 11.5 Å². The van der Waals surface area contributed by atoms with Crippen molar-refractivity contribution in [1.29, 1.82) is 0 Å². The number of carbonyl (C=O) groups is 1. The first-order chi connectivity index (χ1) is 11.5. The molecule has 0 saturated carbocycles. The number of carbonyl (C=O) groups excluding carboxylic acids is 1. The van der Waals surface area contributed by atoms with Crippen molar-refractivity contribution in [3.63, 3.8) is 0 Å². The van der Waals surface area contributed by atoms with Gasteiger partial charge in [0.15, 0.2) is 0 Å². The van der Waals surface area contributed by atoms with Crippen LogP contribution in [0.25, 0.3) is 0 Å². The van der Waals surface area contributed by atoms with Gasteiger partial charge in [-0.2, -0.15) is 0 Å². The number of aromatic nitrogens is 1. The van der Waals surface area contributed by atoms with Gasteiger partial charge in [-0.15, -0.1) is 0 Å². The Labute approximate surface area is 141 Å². The average molecular weight is 328 g/mol. The molecule has 0 radical (unpaired) electrons. The standard InChI is InChI=1S/C19H24N2O3/c1-4-15-5-6-17(24-15)16-11-13(2)7-10-21(16)19(23)14-8-9-20(3)18(22)12-14/h5-6,8-9,12-13,16H,4,7,10-11H2,1-3H3. The highest BCUT2D eigenvalue weighted by atomic mass is 16.3. The van der Waals surface area contributed by atoms with E-state index in [0.717, 1.165) is 30.8 Å². The molecule has 3 rings (SSSR count). The van der Waals surface area contributed by atoms with Gasteiger partial charge in [0.2, 0.25) is 0 Å². The van der Waals surface area contributed by atoms with Crippen LogP contribution < -0.4 is 5.56 Å².